The van der Waals surface area contributed by atoms with Gasteiger partial charge in [-0.05, 0) is 81.7 Å². The van der Waals surface area contributed by atoms with Gasteiger partial charge in [0.2, 0.25) is 0 Å². The monoisotopic (exact) mass is 602 g/mol. The number of hydrogen-bond acceptors (Lipinski definition) is 6. The first-order valence-corrected chi connectivity index (χ1v) is 12.2. The number of hydrogen-bond donors (Lipinski definition) is 1. The Labute approximate surface area is 229 Å². The van der Waals surface area contributed by atoms with Gasteiger partial charge in [0, 0.05) is 0 Å². The number of urea groups is 1. The average Bonchev–Trinajstić information content (AvgIpc) is 2.88. The van der Waals surface area contributed by atoms with Gasteiger partial charge in [-0.2, -0.15) is 0 Å². The summed E-state index contributed by atoms with van der Waals surface area (Å²) in [4.78, 5) is 50.5. The molecule has 1 aliphatic heterocycles. The molecule has 1 heterocycles. The molecule has 188 valence electrons. The number of imide groups is 2. The number of nitrogens with zero attached hydrogens (tertiary/aromatic N) is 1. The SMILES string of the molecule is COC(=O)c1ccc(N2C(=O)NC(=O)/C(=C\c3ccc(OCc4ccc(Cl)c(Cl)c4)c(Br)c3)C2=O)cc1. The molecule has 1 saturated heterocycles. The molecule has 37 heavy (non-hydrogen) atoms. The van der Waals surface area contributed by atoms with Crippen LogP contribution in [0.25, 0.3) is 6.08 Å². The van der Waals surface area contributed by atoms with Gasteiger partial charge >= 0.3 is 12.0 Å². The molecule has 0 saturated carbocycles. The highest BCUT2D eigenvalue weighted by Crippen LogP contribution is 2.30. The minimum atomic E-state index is -0.898. The second-order valence-electron chi connectivity index (χ2n) is 7.72. The minimum absolute atomic E-state index is 0.181. The van der Waals surface area contributed by atoms with Gasteiger partial charge in [0.1, 0.15) is 17.9 Å². The number of esters is 1. The van der Waals surface area contributed by atoms with Crippen molar-refractivity contribution in [2.75, 3.05) is 12.0 Å². The maximum absolute atomic E-state index is 13.1. The highest BCUT2D eigenvalue weighted by Gasteiger charge is 2.36. The molecule has 4 amide bonds. The van der Waals surface area contributed by atoms with Crippen LogP contribution in [0, 0.1) is 0 Å². The normalized spacial score (nSPS) is 14.5. The van der Waals surface area contributed by atoms with Crippen molar-refractivity contribution in [3.8, 4) is 5.75 Å². The number of carbonyl (C=O) groups is 4. The molecule has 1 fully saturated rings. The average molecular weight is 604 g/mol. The summed E-state index contributed by atoms with van der Waals surface area (Å²) >= 11 is 15.4. The van der Waals surface area contributed by atoms with E-state index in [0.717, 1.165) is 10.5 Å². The van der Waals surface area contributed by atoms with E-state index in [-0.39, 0.29) is 23.4 Å². The molecular weight excluding hydrogens is 587 g/mol. The van der Waals surface area contributed by atoms with Crippen LogP contribution in [0.1, 0.15) is 21.5 Å². The van der Waals surface area contributed by atoms with E-state index in [0.29, 0.717) is 25.8 Å². The van der Waals surface area contributed by atoms with Gasteiger partial charge in [0.15, 0.2) is 0 Å². The van der Waals surface area contributed by atoms with Crippen LogP contribution in [0.15, 0.2) is 70.7 Å². The zero-order valence-electron chi connectivity index (χ0n) is 19.1. The third-order valence-electron chi connectivity index (χ3n) is 5.29. The highest BCUT2D eigenvalue weighted by atomic mass is 79.9. The Bertz CT molecular complexity index is 1460. The second kappa shape index (κ2) is 11.2. The number of benzene rings is 3. The first kappa shape index (κ1) is 26.4. The molecule has 0 radical (unpaired) electrons. The standard InChI is InChI=1S/C26H17BrCl2N2O6/c1-36-25(34)16-4-6-17(7-5-16)31-24(33)18(23(32)30-26(31)35)10-14-3-9-22(19(27)11-14)37-13-15-2-8-20(28)21(29)12-15/h2-12H,13H2,1H3,(H,30,32,35)/b18-10+. The van der Waals surface area contributed by atoms with Crippen molar-refractivity contribution in [2.45, 2.75) is 6.61 Å². The van der Waals surface area contributed by atoms with E-state index in [1.807, 2.05) is 0 Å². The summed E-state index contributed by atoms with van der Waals surface area (Å²) in [6.45, 7) is 0.239. The number of nitrogens with one attached hydrogen (secondary N) is 1. The van der Waals surface area contributed by atoms with Gasteiger partial charge in [0.05, 0.1) is 32.9 Å². The van der Waals surface area contributed by atoms with E-state index in [9.17, 15) is 19.2 Å². The van der Waals surface area contributed by atoms with Crippen molar-refractivity contribution in [3.63, 3.8) is 0 Å². The first-order chi connectivity index (χ1) is 17.7. The summed E-state index contributed by atoms with van der Waals surface area (Å²) in [5.74, 6) is -1.68. The maximum Gasteiger partial charge on any atom is 0.337 e. The number of rotatable bonds is 6. The fourth-order valence-electron chi connectivity index (χ4n) is 3.44. The molecule has 11 heteroatoms. The number of methoxy groups -OCH3 is 1. The zero-order chi connectivity index (χ0) is 26.7. The summed E-state index contributed by atoms with van der Waals surface area (Å²) in [6, 6.07) is 14.9. The molecule has 0 aromatic heterocycles. The van der Waals surface area contributed by atoms with Crippen LogP contribution in [0.3, 0.4) is 0 Å². The van der Waals surface area contributed by atoms with E-state index < -0.39 is 23.8 Å². The van der Waals surface area contributed by atoms with E-state index in [1.54, 1.807) is 36.4 Å². The van der Waals surface area contributed by atoms with E-state index in [1.165, 1.54) is 37.5 Å². The number of carbonyl (C=O) groups excluding carboxylic acids is 4. The summed E-state index contributed by atoms with van der Waals surface area (Å²) in [7, 11) is 1.24. The van der Waals surface area contributed by atoms with E-state index >= 15 is 0 Å². The number of halogens is 3. The van der Waals surface area contributed by atoms with Gasteiger partial charge in [-0.3, -0.25) is 14.9 Å². The summed E-state index contributed by atoms with van der Waals surface area (Å²) in [5, 5.41) is 3.03. The Kier molecular flexibility index (Phi) is 7.97. The predicted octanol–water partition coefficient (Wildman–Crippen LogP) is 5.79. The van der Waals surface area contributed by atoms with Gasteiger partial charge in [-0.1, -0.05) is 35.3 Å². The molecular formula is C26H17BrCl2N2O6. The van der Waals surface area contributed by atoms with Crippen LogP contribution in [-0.4, -0.2) is 30.9 Å². The van der Waals surface area contributed by atoms with Crippen molar-refractivity contribution in [1.82, 2.24) is 5.32 Å². The lowest BCUT2D eigenvalue weighted by Gasteiger charge is -2.26. The lowest BCUT2D eigenvalue weighted by atomic mass is 10.1. The molecule has 4 rings (SSSR count). The number of ether oxygens (including phenoxy) is 2. The van der Waals surface area contributed by atoms with Crippen molar-refractivity contribution in [1.29, 1.82) is 0 Å². The molecule has 0 spiro atoms. The third-order valence-corrected chi connectivity index (χ3v) is 6.65. The summed E-state index contributed by atoms with van der Waals surface area (Å²) in [5.41, 5.74) is 1.52. The Morgan fingerprint density at radius 3 is 2.38 bits per heavy atom. The zero-order valence-corrected chi connectivity index (χ0v) is 22.2. The second-order valence-corrected chi connectivity index (χ2v) is 9.39. The molecule has 0 atom stereocenters. The third kappa shape index (κ3) is 5.85. The quantitative estimate of drug-likeness (QED) is 0.217. The largest absolute Gasteiger partial charge is 0.488 e. The lowest BCUT2D eigenvalue weighted by Crippen LogP contribution is -2.54. The highest BCUT2D eigenvalue weighted by molar-refractivity contribution is 9.10. The molecule has 3 aromatic carbocycles. The predicted molar refractivity (Wildman–Crippen MR) is 142 cm³/mol. The van der Waals surface area contributed by atoms with Crippen LogP contribution in [0.4, 0.5) is 10.5 Å². The Balaban J connectivity index is 1.54. The van der Waals surface area contributed by atoms with Crippen LogP contribution < -0.4 is 15.0 Å². The molecule has 1 aliphatic rings. The molecule has 3 aromatic rings. The smallest absolute Gasteiger partial charge is 0.337 e. The minimum Gasteiger partial charge on any atom is -0.488 e. The van der Waals surface area contributed by atoms with Crippen molar-refractivity contribution < 1.29 is 28.7 Å². The van der Waals surface area contributed by atoms with Gasteiger partial charge in [0.25, 0.3) is 11.8 Å². The van der Waals surface area contributed by atoms with Gasteiger partial charge < -0.3 is 9.47 Å². The van der Waals surface area contributed by atoms with Crippen LogP contribution in [0.2, 0.25) is 10.0 Å². The Morgan fingerprint density at radius 2 is 1.73 bits per heavy atom. The molecule has 0 bridgehead atoms. The van der Waals surface area contributed by atoms with Gasteiger partial charge in [-0.15, -0.1) is 0 Å². The van der Waals surface area contributed by atoms with E-state index in [2.05, 4.69) is 26.0 Å². The van der Waals surface area contributed by atoms with Crippen LogP contribution in [0.5, 0.6) is 5.75 Å². The fraction of sp³-hybridized carbons (Fsp3) is 0.0769. The van der Waals surface area contributed by atoms with Crippen LogP contribution in [-0.2, 0) is 20.9 Å². The van der Waals surface area contributed by atoms with Crippen molar-refractivity contribution in [2.24, 2.45) is 0 Å². The maximum atomic E-state index is 13.1. The van der Waals surface area contributed by atoms with Gasteiger partial charge in [-0.25, -0.2) is 14.5 Å². The number of amides is 4. The number of barbiturate groups is 1. The van der Waals surface area contributed by atoms with Crippen molar-refractivity contribution in [3.05, 3.63) is 97.4 Å². The van der Waals surface area contributed by atoms with Crippen LogP contribution >= 0.6 is 39.1 Å². The molecule has 8 nitrogen and oxygen atoms in total. The molecule has 0 unspecified atom stereocenters. The first-order valence-electron chi connectivity index (χ1n) is 10.6. The Morgan fingerprint density at radius 1 is 1.00 bits per heavy atom. The van der Waals surface area contributed by atoms with E-state index in [4.69, 9.17) is 27.9 Å². The summed E-state index contributed by atoms with van der Waals surface area (Å²) in [6.07, 6.45) is 1.37. The summed E-state index contributed by atoms with van der Waals surface area (Å²) < 4.78 is 11.1. The topological polar surface area (TPSA) is 102 Å². The number of anilines is 1. The van der Waals surface area contributed by atoms with Crippen molar-refractivity contribution >= 4 is 74.7 Å². The lowest BCUT2D eigenvalue weighted by molar-refractivity contribution is -0.122. The fourth-order valence-corrected chi connectivity index (χ4v) is 4.27. The Hall–Kier alpha value is -3.66. The molecule has 1 N–H and O–H groups in total. The molecule has 0 aliphatic carbocycles.